The molecule has 1 fully saturated rings. The number of hydrogen-bond donors (Lipinski definition) is 2. The maximum Gasteiger partial charge on any atom is 0.170 e. The van der Waals surface area contributed by atoms with Crippen molar-refractivity contribution in [2.24, 2.45) is 0 Å². The van der Waals surface area contributed by atoms with E-state index in [1.165, 1.54) is 0 Å². The van der Waals surface area contributed by atoms with E-state index in [1.807, 2.05) is 59.5 Å². The normalized spacial score (nSPS) is 19.3. The van der Waals surface area contributed by atoms with Crippen LogP contribution in [-0.2, 0) is 0 Å². The maximum atomic E-state index is 9.49. The number of thiocarbonyl (C=S) groups is 1. The summed E-state index contributed by atoms with van der Waals surface area (Å²) in [6, 6.07) is 16.8. The summed E-state index contributed by atoms with van der Waals surface area (Å²) >= 11 is 11.5. The van der Waals surface area contributed by atoms with Crippen LogP contribution in [0.25, 0.3) is 11.3 Å². The van der Waals surface area contributed by atoms with Crippen LogP contribution in [0.4, 0.5) is 0 Å². The van der Waals surface area contributed by atoms with E-state index in [-0.39, 0.29) is 18.7 Å². The van der Waals surface area contributed by atoms with Gasteiger partial charge in [-0.05, 0) is 60.7 Å². The van der Waals surface area contributed by atoms with Gasteiger partial charge in [-0.25, -0.2) is 0 Å². The highest BCUT2D eigenvalue weighted by Crippen LogP contribution is 2.40. The van der Waals surface area contributed by atoms with Crippen LogP contribution in [0, 0.1) is 0 Å². The molecule has 0 aliphatic carbocycles. The van der Waals surface area contributed by atoms with Gasteiger partial charge in [-0.1, -0.05) is 17.7 Å². The fourth-order valence-corrected chi connectivity index (χ4v) is 3.80. The lowest BCUT2D eigenvalue weighted by atomic mass is 10.0. The summed E-state index contributed by atoms with van der Waals surface area (Å²) in [7, 11) is 0. The molecule has 1 aliphatic rings. The Morgan fingerprint density at radius 1 is 1.15 bits per heavy atom. The summed E-state index contributed by atoms with van der Waals surface area (Å²) in [6.45, 7) is 0.412. The van der Waals surface area contributed by atoms with E-state index in [0.29, 0.717) is 16.7 Å². The summed E-state index contributed by atoms with van der Waals surface area (Å²) in [5, 5.41) is 14.1. The number of aromatic nitrogens is 1. The number of rotatable bonds is 5. The van der Waals surface area contributed by atoms with Crippen LogP contribution in [0.15, 0.2) is 65.2 Å². The predicted molar refractivity (Wildman–Crippen MR) is 108 cm³/mol. The molecule has 0 radical (unpaired) electrons. The Kier molecular flexibility index (Phi) is 5.11. The average molecular weight is 400 g/mol. The number of aliphatic hydroxyl groups is 1. The summed E-state index contributed by atoms with van der Waals surface area (Å²) < 4.78 is 6.18. The zero-order chi connectivity index (χ0) is 18.8. The molecule has 1 aromatic carbocycles. The molecular weight excluding hydrogens is 382 g/mol. The standard InChI is InChI=1S/C20H18ClN3O2S/c21-14-6-4-13(5-7-14)16-8-9-17(26-16)19-18(15-3-1-2-10-22-15)23-20(27)24(19)11-12-25/h1-10,18-19,25H,11-12H2,(H,23,27)/t18-,19+/m0/s1. The number of pyridine rings is 1. The fraction of sp³-hybridized carbons (Fsp3) is 0.200. The first kappa shape index (κ1) is 18.0. The van der Waals surface area contributed by atoms with Crippen molar-refractivity contribution in [1.82, 2.24) is 15.2 Å². The molecule has 0 bridgehead atoms. The molecule has 2 atom stereocenters. The first-order valence-corrected chi connectivity index (χ1v) is 9.40. The van der Waals surface area contributed by atoms with Crippen molar-refractivity contribution in [3.8, 4) is 11.3 Å². The SMILES string of the molecule is OCCN1C(=S)N[C@@H](c2ccccn2)[C@H]1c1ccc(-c2ccc(Cl)cc2)o1. The zero-order valence-electron chi connectivity index (χ0n) is 14.4. The lowest BCUT2D eigenvalue weighted by Gasteiger charge is -2.25. The van der Waals surface area contributed by atoms with E-state index in [2.05, 4.69) is 10.3 Å². The van der Waals surface area contributed by atoms with Crippen molar-refractivity contribution < 1.29 is 9.52 Å². The molecule has 0 unspecified atom stereocenters. The van der Waals surface area contributed by atoms with Gasteiger partial charge in [-0.2, -0.15) is 0 Å². The van der Waals surface area contributed by atoms with Gasteiger partial charge >= 0.3 is 0 Å². The average Bonchev–Trinajstić information content (AvgIpc) is 3.29. The summed E-state index contributed by atoms with van der Waals surface area (Å²) in [6.07, 6.45) is 1.76. The highest BCUT2D eigenvalue weighted by atomic mass is 35.5. The van der Waals surface area contributed by atoms with Gasteiger partial charge in [-0.3, -0.25) is 4.98 Å². The number of hydrogen-bond acceptors (Lipinski definition) is 4. The van der Waals surface area contributed by atoms with Crippen LogP contribution in [0.3, 0.4) is 0 Å². The minimum atomic E-state index is -0.194. The van der Waals surface area contributed by atoms with Crippen molar-refractivity contribution in [3.05, 3.63) is 77.3 Å². The molecule has 2 aromatic heterocycles. The van der Waals surface area contributed by atoms with E-state index in [4.69, 9.17) is 28.2 Å². The first-order valence-electron chi connectivity index (χ1n) is 8.62. The van der Waals surface area contributed by atoms with Crippen LogP contribution >= 0.6 is 23.8 Å². The third-order valence-corrected chi connectivity index (χ3v) is 5.19. The zero-order valence-corrected chi connectivity index (χ0v) is 16.0. The number of benzene rings is 1. The molecule has 3 aromatic rings. The second-order valence-corrected chi connectivity index (χ2v) is 7.08. The summed E-state index contributed by atoms with van der Waals surface area (Å²) in [4.78, 5) is 6.42. The minimum Gasteiger partial charge on any atom is -0.459 e. The van der Waals surface area contributed by atoms with Crippen LogP contribution in [-0.4, -0.2) is 33.3 Å². The van der Waals surface area contributed by atoms with Crippen molar-refractivity contribution >= 4 is 28.9 Å². The molecule has 0 spiro atoms. The Balaban J connectivity index is 1.71. The molecule has 5 nitrogen and oxygen atoms in total. The first-order chi connectivity index (χ1) is 13.2. The second kappa shape index (κ2) is 7.68. The Hall–Kier alpha value is -2.41. The van der Waals surface area contributed by atoms with E-state index in [1.54, 1.807) is 6.20 Å². The monoisotopic (exact) mass is 399 g/mol. The highest BCUT2D eigenvalue weighted by Gasteiger charge is 2.41. The van der Waals surface area contributed by atoms with Crippen molar-refractivity contribution in [3.63, 3.8) is 0 Å². The van der Waals surface area contributed by atoms with Gasteiger partial charge in [0.05, 0.1) is 18.3 Å². The Labute approximate surface area is 167 Å². The van der Waals surface area contributed by atoms with Gasteiger partial charge < -0.3 is 19.7 Å². The smallest absolute Gasteiger partial charge is 0.170 e. The van der Waals surface area contributed by atoms with Crippen LogP contribution in [0.5, 0.6) is 0 Å². The predicted octanol–water partition coefficient (Wildman–Crippen LogP) is 3.96. The molecule has 138 valence electrons. The van der Waals surface area contributed by atoms with E-state index >= 15 is 0 Å². The molecule has 7 heteroatoms. The number of aliphatic hydroxyl groups excluding tert-OH is 1. The molecule has 4 rings (SSSR count). The number of β-amino-alcohol motifs (C(OH)–C–C–N with tert-alkyl or cyclic N) is 1. The van der Waals surface area contributed by atoms with Gasteiger partial charge in [0.15, 0.2) is 5.11 Å². The Morgan fingerprint density at radius 2 is 1.96 bits per heavy atom. The van der Waals surface area contributed by atoms with Crippen molar-refractivity contribution in [1.29, 1.82) is 0 Å². The summed E-state index contributed by atoms with van der Waals surface area (Å²) in [5.74, 6) is 1.51. The third kappa shape index (κ3) is 3.56. The number of halogens is 1. The highest BCUT2D eigenvalue weighted by molar-refractivity contribution is 7.80. The lowest BCUT2D eigenvalue weighted by molar-refractivity contribution is 0.209. The van der Waals surface area contributed by atoms with Crippen LogP contribution < -0.4 is 5.32 Å². The molecule has 1 saturated heterocycles. The van der Waals surface area contributed by atoms with Crippen molar-refractivity contribution in [2.45, 2.75) is 12.1 Å². The molecule has 1 aliphatic heterocycles. The minimum absolute atomic E-state index is 0.00198. The quantitative estimate of drug-likeness (QED) is 0.633. The maximum absolute atomic E-state index is 9.49. The molecule has 0 amide bonds. The van der Waals surface area contributed by atoms with E-state index in [9.17, 15) is 5.11 Å². The van der Waals surface area contributed by atoms with E-state index < -0.39 is 0 Å². The fourth-order valence-electron chi connectivity index (χ4n) is 3.34. The number of nitrogens with zero attached hydrogens (tertiary/aromatic N) is 2. The Morgan fingerprint density at radius 3 is 2.67 bits per heavy atom. The van der Waals surface area contributed by atoms with E-state index in [0.717, 1.165) is 22.8 Å². The summed E-state index contributed by atoms with van der Waals surface area (Å²) in [5.41, 5.74) is 1.82. The van der Waals surface area contributed by atoms with Crippen molar-refractivity contribution in [2.75, 3.05) is 13.2 Å². The second-order valence-electron chi connectivity index (χ2n) is 6.25. The molecule has 0 saturated carbocycles. The van der Waals surface area contributed by atoms with Gasteiger partial charge in [0, 0.05) is 23.3 Å². The van der Waals surface area contributed by atoms with Gasteiger partial charge in [0.1, 0.15) is 17.6 Å². The molecule has 2 N–H and O–H groups in total. The topological polar surface area (TPSA) is 61.5 Å². The van der Waals surface area contributed by atoms with Crippen LogP contribution in [0.1, 0.15) is 23.5 Å². The number of furan rings is 1. The lowest BCUT2D eigenvalue weighted by Crippen LogP contribution is -2.32. The Bertz CT molecular complexity index is 930. The molecule has 27 heavy (non-hydrogen) atoms. The number of nitrogens with one attached hydrogen (secondary N) is 1. The van der Waals surface area contributed by atoms with Crippen LogP contribution in [0.2, 0.25) is 5.02 Å². The molecule has 3 heterocycles. The third-order valence-electron chi connectivity index (χ3n) is 4.59. The van der Waals surface area contributed by atoms with Gasteiger partial charge in [-0.15, -0.1) is 0 Å². The largest absolute Gasteiger partial charge is 0.459 e. The molecular formula is C20H18ClN3O2S. The van der Waals surface area contributed by atoms with Gasteiger partial charge in [0.2, 0.25) is 0 Å². The van der Waals surface area contributed by atoms with Gasteiger partial charge in [0.25, 0.3) is 0 Å².